The van der Waals surface area contributed by atoms with Gasteiger partial charge >= 0.3 is 0 Å². The average Bonchev–Trinajstić information content (AvgIpc) is 2.76. The van der Waals surface area contributed by atoms with Gasteiger partial charge in [0.1, 0.15) is 5.75 Å². The minimum absolute atomic E-state index is 0. The third-order valence-corrected chi connectivity index (χ3v) is 7.84. The zero-order valence-electron chi connectivity index (χ0n) is 16.4. The molecule has 6 N–H and O–H groups in total. The first-order valence-electron chi connectivity index (χ1n) is 8.84. The number of rotatable bonds is 3. The van der Waals surface area contributed by atoms with E-state index in [9.17, 15) is 4.80 Å². The molecule has 0 aliphatic carbocycles. The number of hydrogen-bond donors (Lipinski definition) is 2. The second kappa shape index (κ2) is 13.7. The quantitative estimate of drug-likeness (QED) is 0.361. The monoisotopic (exact) mass is 454 g/mol. The number of phenolic OH excluding ortho intramolecular Hbond substituents is 1. The Morgan fingerprint density at radius 1 is 0.433 bits per heavy atom. The van der Waals surface area contributed by atoms with Crippen molar-refractivity contribution in [3.8, 4) is 5.75 Å². The molecule has 0 aliphatic rings. The Morgan fingerprint density at radius 3 is 0.867 bits per heavy atom. The molecule has 0 atom stereocenters. The van der Waals surface area contributed by atoms with Gasteiger partial charge in [0.05, 0.1) is 0 Å². The van der Waals surface area contributed by atoms with Crippen LogP contribution in [0.4, 0.5) is 0 Å². The van der Waals surface area contributed by atoms with Crippen LogP contribution in [0.15, 0.2) is 121 Å². The zero-order chi connectivity index (χ0) is 19.0. The van der Waals surface area contributed by atoms with Crippen LogP contribution in [0.3, 0.4) is 0 Å². The minimum atomic E-state index is -2.88. The fraction of sp³-hybridized carbons (Fsp3) is 0. The molecule has 0 bridgehead atoms. The molecule has 6 heteroatoms. The number of benzene rings is 4. The van der Waals surface area contributed by atoms with Gasteiger partial charge in [0.25, 0.3) is 8.32 Å². The molecule has 0 amide bonds. The van der Waals surface area contributed by atoms with E-state index in [4.69, 9.17) is 5.11 Å². The first-order valence-corrected chi connectivity index (χ1v) is 10.8. The maximum atomic E-state index is 11.6. The molecule has 0 fully saturated rings. The summed E-state index contributed by atoms with van der Waals surface area (Å²) in [6, 6.07) is 38.7. The van der Waals surface area contributed by atoms with Gasteiger partial charge in [0, 0.05) is 21.7 Å². The number of para-hydroxylation sites is 1. The Bertz CT molecular complexity index is 843. The molecule has 154 valence electrons. The molecule has 4 rings (SSSR count). The van der Waals surface area contributed by atoms with Crippen LogP contribution in [0.25, 0.3) is 0 Å². The van der Waals surface area contributed by atoms with Crippen molar-refractivity contribution in [1.82, 2.24) is 0 Å². The molecule has 0 radical (unpaired) electrons. The van der Waals surface area contributed by atoms with Gasteiger partial charge in [-0.25, -0.2) is 0 Å². The topological polar surface area (TPSA) is 103 Å². The van der Waals surface area contributed by atoms with Crippen molar-refractivity contribution in [2.45, 2.75) is 0 Å². The van der Waals surface area contributed by atoms with Gasteiger partial charge in [-0.15, -0.1) is 0 Å². The summed E-state index contributed by atoms with van der Waals surface area (Å²) in [5.74, 6) is 0.322. The Kier molecular flexibility index (Phi) is 12.5. The number of hydrogen-bond acceptors (Lipinski definition) is 2. The van der Waals surface area contributed by atoms with E-state index in [-0.39, 0.29) is 32.7 Å². The number of phenols is 1. The van der Waals surface area contributed by atoms with Crippen LogP contribution in [-0.2, 0) is 21.7 Å². The van der Waals surface area contributed by atoms with E-state index in [1.54, 1.807) is 24.3 Å². The van der Waals surface area contributed by atoms with Gasteiger partial charge in [-0.1, -0.05) is 109 Å². The summed E-state index contributed by atoms with van der Waals surface area (Å²) in [7, 11) is -2.88. The largest absolute Gasteiger partial charge is 0.508 e. The molecule has 0 spiro atoms. The van der Waals surface area contributed by atoms with Gasteiger partial charge in [-0.3, -0.25) is 0 Å². The smallest absolute Gasteiger partial charge is 0.285 e. The van der Waals surface area contributed by atoms with Crippen molar-refractivity contribution < 1.29 is 42.6 Å². The molecule has 0 saturated heterocycles. The third kappa shape index (κ3) is 6.78. The fourth-order valence-electron chi connectivity index (χ4n) is 2.97. The first-order chi connectivity index (χ1) is 13.2. The summed E-state index contributed by atoms with van der Waals surface area (Å²) in [4.78, 5) is 11.6. The Hall–Kier alpha value is -2.51. The maximum absolute atomic E-state index is 11.6. The Balaban J connectivity index is 0.000000726. The average molecular weight is 454 g/mol. The summed E-state index contributed by atoms with van der Waals surface area (Å²) >= 11 is 0. The Labute approximate surface area is 193 Å². The Morgan fingerprint density at radius 2 is 0.667 bits per heavy atom. The van der Waals surface area contributed by atoms with E-state index in [0.717, 1.165) is 15.6 Å². The van der Waals surface area contributed by atoms with Crippen LogP contribution in [0.5, 0.6) is 5.75 Å². The van der Waals surface area contributed by atoms with Crippen molar-refractivity contribution in [3.63, 3.8) is 0 Å². The number of aromatic hydroxyl groups is 1. The zero-order valence-corrected chi connectivity index (χ0v) is 19.0. The summed E-state index contributed by atoms with van der Waals surface area (Å²) in [6.45, 7) is 0. The predicted molar refractivity (Wildman–Crippen MR) is 122 cm³/mol. The van der Waals surface area contributed by atoms with Gasteiger partial charge < -0.3 is 20.9 Å². The van der Waals surface area contributed by atoms with Gasteiger partial charge in [0.15, 0.2) is 0 Å². The van der Waals surface area contributed by atoms with Crippen LogP contribution in [0.1, 0.15) is 0 Å². The van der Waals surface area contributed by atoms with Crippen molar-refractivity contribution in [2.24, 2.45) is 0 Å². The van der Waals surface area contributed by atoms with Crippen LogP contribution >= 0.6 is 0 Å². The summed E-state index contributed by atoms with van der Waals surface area (Å²) < 4.78 is 0. The molecule has 0 unspecified atom stereocenters. The fourth-order valence-corrected chi connectivity index (χ4v) is 5.99. The molecule has 4 aromatic rings. The van der Waals surface area contributed by atoms with Crippen LogP contribution in [0, 0.1) is 0 Å². The summed E-state index contributed by atoms with van der Waals surface area (Å²) in [5, 5.41) is 11.7. The molecular formula is C24H26O4SiTi. The third-order valence-electron chi connectivity index (χ3n) is 4.33. The molecule has 4 nitrogen and oxygen atoms in total. The normalized spacial score (nSPS) is 9.50. The predicted octanol–water partition coefficient (Wildman–Crippen LogP) is 1.39. The molecule has 4 aromatic carbocycles. The van der Waals surface area contributed by atoms with Crippen molar-refractivity contribution in [3.05, 3.63) is 121 Å². The van der Waals surface area contributed by atoms with Gasteiger partial charge in [-0.2, -0.15) is 0 Å². The molecule has 0 aliphatic heterocycles. The van der Waals surface area contributed by atoms with Crippen molar-refractivity contribution in [1.29, 1.82) is 0 Å². The van der Waals surface area contributed by atoms with E-state index in [2.05, 4.69) is 0 Å². The summed E-state index contributed by atoms with van der Waals surface area (Å²) in [6.07, 6.45) is 0. The second-order valence-corrected chi connectivity index (χ2v) is 9.30. The van der Waals surface area contributed by atoms with Gasteiger partial charge in [-0.05, 0) is 27.7 Å². The van der Waals surface area contributed by atoms with E-state index in [0.29, 0.717) is 5.75 Å². The van der Waals surface area contributed by atoms with E-state index in [1.807, 2.05) is 97.1 Å². The van der Waals surface area contributed by atoms with Crippen LogP contribution < -0.4 is 15.6 Å². The van der Waals surface area contributed by atoms with E-state index < -0.39 is 8.32 Å². The van der Waals surface area contributed by atoms with Crippen LogP contribution in [-0.4, -0.2) is 29.2 Å². The second-order valence-electron chi connectivity index (χ2n) is 6.14. The molecular weight excluding hydrogens is 428 g/mol. The standard InChI is InChI=1S/C18H16OSi.C6H6O.2H2O.Ti/c19-20(16-10-4-1-5-11-16,17-12-6-2-7-13-17)18-14-8-3-9-15-18;7-6-4-2-1-3-5-6;;;/h1-15,19H;1-5,7H;2*1H2;. The molecule has 30 heavy (non-hydrogen) atoms. The summed E-state index contributed by atoms with van der Waals surface area (Å²) in [5.41, 5.74) is 0. The first kappa shape index (κ1) is 27.5. The SMILES string of the molecule is O.O.O[Si](c1ccccc1)(c1ccccc1)c1ccccc1.Oc1ccccc1.[Ti]. The van der Waals surface area contributed by atoms with Gasteiger partial charge in [0.2, 0.25) is 0 Å². The minimum Gasteiger partial charge on any atom is -0.508 e. The van der Waals surface area contributed by atoms with E-state index in [1.165, 1.54) is 0 Å². The molecule has 0 aromatic heterocycles. The van der Waals surface area contributed by atoms with Crippen molar-refractivity contribution in [2.75, 3.05) is 0 Å². The molecule has 0 saturated carbocycles. The van der Waals surface area contributed by atoms with E-state index >= 15 is 0 Å². The van der Waals surface area contributed by atoms with Crippen LogP contribution in [0.2, 0.25) is 0 Å². The molecule has 0 heterocycles. The van der Waals surface area contributed by atoms with Crippen molar-refractivity contribution >= 4 is 23.9 Å². The maximum Gasteiger partial charge on any atom is 0.285 e.